The van der Waals surface area contributed by atoms with Crippen molar-refractivity contribution >= 4 is 33.4 Å². The molecule has 162 valence electrons. The average Bonchev–Trinajstić information content (AvgIpc) is 3.11. The molecule has 3 N–H and O–H groups in total. The number of rotatable bonds is 6. The molecule has 0 saturated carbocycles. The summed E-state index contributed by atoms with van der Waals surface area (Å²) in [6, 6.07) is 8.38. The second-order valence-corrected chi connectivity index (χ2v) is 9.87. The molecule has 1 fully saturated rings. The molecule has 0 aliphatic carbocycles. The van der Waals surface area contributed by atoms with Crippen LogP contribution in [0.25, 0.3) is 0 Å². The Morgan fingerprint density at radius 2 is 1.80 bits per heavy atom. The normalized spacial score (nSPS) is 16.9. The van der Waals surface area contributed by atoms with Gasteiger partial charge in [-0.25, -0.2) is 8.42 Å². The van der Waals surface area contributed by atoms with Crippen LogP contribution in [0, 0.1) is 5.92 Å². The van der Waals surface area contributed by atoms with Gasteiger partial charge in [0.1, 0.15) is 10.6 Å². The molecule has 1 aliphatic heterocycles. The van der Waals surface area contributed by atoms with E-state index in [0.717, 1.165) is 5.56 Å². The maximum absolute atomic E-state index is 12.9. The highest BCUT2D eigenvalue weighted by molar-refractivity contribution is 7.89. The van der Waals surface area contributed by atoms with E-state index in [1.54, 1.807) is 19.2 Å². The van der Waals surface area contributed by atoms with E-state index in [4.69, 9.17) is 17.3 Å². The van der Waals surface area contributed by atoms with E-state index in [0.29, 0.717) is 17.9 Å². The van der Waals surface area contributed by atoms with E-state index in [1.165, 1.54) is 21.1 Å². The third kappa shape index (κ3) is 4.69. The summed E-state index contributed by atoms with van der Waals surface area (Å²) in [5.74, 6) is -1.04. The van der Waals surface area contributed by atoms with Crippen molar-refractivity contribution in [2.24, 2.45) is 18.7 Å². The fourth-order valence-corrected chi connectivity index (χ4v) is 5.26. The number of nitrogens with zero attached hydrogens (tertiary/aromatic N) is 2. The molecule has 2 amide bonds. The molecule has 0 spiro atoms. The van der Waals surface area contributed by atoms with Crippen molar-refractivity contribution < 1.29 is 18.0 Å². The summed E-state index contributed by atoms with van der Waals surface area (Å²) in [6.45, 7) is 2.36. The number of sulfonamides is 1. The van der Waals surface area contributed by atoms with Crippen molar-refractivity contribution in [3.8, 4) is 0 Å². The highest BCUT2D eigenvalue weighted by Crippen LogP contribution is 2.26. The van der Waals surface area contributed by atoms with Gasteiger partial charge < -0.3 is 15.6 Å². The van der Waals surface area contributed by atoms with Crippen LogP contribution < -0.4 is 11.1 Å². The molecule has 1 atom stereocenters. The van der Waals surface area contributed by atoms with E-state index >= 15 is 0 Å². The first kappa shape index (κ1) is 22.3. The van der Waals surface area contributed by atoms with E-state index in [9.17, 15) is 18.0 Å². The van der Waals surface area contributed by atoms with Crippen LogP contribution in [0.1, 0.15) is 41.9 Å². The molecular weight excluding hydrogens is 428 g/mol. The minimum absolute atomic E-state index is 0.0260. The molecule has 1 aromatic heterocycles. The van der Waals surface area contributed by atoms with Gasteiger partial charge in [-0.2, -0.15) is 4.31 Å². The lowest BCUT2D eigenvalue weighted by Gasteiger charge is -2.31. The van der Waals surface area contributed by atoms with Crippen molar-refractivity contribution in [1.29, 1.82) is 0 Å². The summed E-state index contributed by atoms with van der Waals surface area (Å²) in [5.41, 5.74) is 6.34. The van der Waals surface area contributed by atoms with E-state index in [2.05, 4.69) is 5.32 Å². The summed E-state index contributed by atoms with van der Waals surface area (Å²) in [5, 5.41) is 3.62. The fraction of sp³-hybridized carbons (Fsp3) is 0.400. The summed E-state index contributed by atoms with van der Waals surface area (Å²) in [4.78, 5) is 24.1. The Bertz CT molecular complexity index is 1040. The van der Waals surface area contributed by atoms with E-state index in [1.807, 2.05) is 19.1 Å². The zero-order chi connectivity index (χ0) is 22.1. The summed E-state index contributed by atoms with van der Waals surface area (Å²) in [6.07, 6.45) is 2.23. The van der Waals surface area contributed by atoms with Gasteiger partial charge in [-0.15, -0.1) is 0 Å². The lowest BCUT2D eigenvalue weighted by molar-refractivity contribution is -0.126. The second kappa shape index (κ2) is 8.79. The number of halogens is 1. The number of aromatic nitrogens is 1. The number of primary amides is 1. The van der Waals surface area contributed by atoms with Gasteiger partial charge >= 0.3 is 0 Å². The summed E-state index contributed by atoms with van der Waals surface area (Å²) in [7, 11) is -2.19. The first-order valence-corrected chi connectivity index (χ1v) is 11.4. The lowest BCUT2D eigenvalue weighted by atomic mass is 9.96. The molecule has 0 bridgehead atoms. The largest absolute Gasteiger partial charge is 0.364 e. The fourth-order valence-electron chi connectivity index (χ4n) is 3.59. The number of aryl methyl sites for hydroxylation is 1. The standard InChI is InChI=1S/C20H25ClN4O4S/c1-13(14-3-5-16(21)6-4-14)23-20(27)15-7-9-25(10-8-15)30(28,29)17-11-18(19(22)26)24(2)12-17/h3-6,11-13,15H,7-10H2,1-2H3,(H2,22,26)(H,23,27)/t13-/m1/s1. The maximum Gasteiger partial charge on any atom is 0.265 e. The van der Waals surface area contributed by atoms with Gasteiger partial charge in [-0.3, -0.25) is 9.59 Å². The van der Waals surface area contributed by atoms with Gasteiger partial charge in [0.25, 0.3) is 5.91 Å². The van der Waals surface area contributed by atoms with Gasteiger partial charge in [0.2, 0.25) is 15.9 Å². The number of piperidine rings is 1. The zero-order valence-electron chi connectivity index (χ0n) is 16.8. The molecule has 1 aromatic carbocycles. The topological polar surface area (TPSA) is 114 Å². The predicted molar refractivity (Wildman–Crippen MR) is 113 cm³/mol. The Balaban J connectivity index is 1.61. The second-order valence-electron chi connectivity index (χ2n) is 7.50. The van der Waals surface area contributed by atoms with Gasteiger partial charge in [0, 0.05) is 37.3 Å². The van der Waals surface area contributed by atoms with Crippen LogP contribution >= 0.6 is 11.6 Å². The number of nitrogens with one attached hydrogen (secondary N) is 1. The number of nitrogens with two attached hydrogens (primary N) is 1. The molecular formula is C20H25ClN4O4S. The van der Waals surface area contributed by atoms with Crippen LogP contribution in [0.5, 0.6) is 0 Å². The third-order valence-electron chi connectivity index (χ3n) is 5.42. The van der Waals surface area contributed by atoms with Crippen molar-refractivity contribution in [3.05, 3.63) is 52.8 Å². The quantitative estimate of drug-likeness (QED) is 0.697. The Kier molecular flexibility index (Phi) is 6.54. The number of hydrogen-bond donors (Lipinski definition) is 2. The Labute approximate surface area is 181 Å². The number of carbonyl (C=O) groups excluding carboxylic acids is 2. The van der Waals surface area contributed by atoms with Crippen molar-refractivity contribution in [1.82, 2.24) is 14.2 Å². The Morgan fingerprint density at radius 1 is 1.20 bits per heavy atom. The number of carbonyl (C=O) groups is 2. The number of benzene rings is 1. The first-order chi connectivity index (χ1) is 14.1. The Hall–Kier alpha value is -2.36. The van der Waals surface area contributed by atoms with Gasteiger partial charge in [0.05, 0.1) is 6.04 Å². The highest BCUT2D eigenvalue weighted by atomic mass is 35.5. The average molecular weight is 453 g/mol. The minimum atomic E-state index is -3.76. The molecule has 3 rings (SSSR count). The summed E-state index contributed by atoms with van der Waals surface area (Å²) >= 11 is 5.90. The Morgan fingerprint density at radius 3 is 2.33 bits per heavy atom. The molecule has 1 saturated heterocycles. The third-order valence-corrected chi connectivity index (χ3v) is 7.54. The molecule has 0 radical (unpaired) electrons. The summed E-state index contributed by atoms with van der Waals surface area (Å²) < 4.78 is 28.5. The smallest absolute Gasteiger partial charge is 0.265 e. The molecule has 0 unspecified atom stereocenters. The number of amides is 2. The zero-order valence-corrected chi connectivity index (χ0v) is 18.4. The molecule has 2 heterocycles. The first-order valence-electron chi connectivity index (χ1n) is 9.61. The minimum Gasteiger partial charge on any atom is -0.364 e. The van der Waals surface area contributed by atoms with Crippen LogP contribution in [0.2, 0.25) is 5.02 Å². The van der Waals surface area contributed by atoms with E-state index in [-0.39, 0.29) is 41.5 Å². The molecule has 2 aromatic rings. The monoisotopic (exact) mass is 452 g/mol. The van der Waals surface area contributed by atoms with Gasteiger partial charge in [0.15, 0.2) is 0 Å². The van der Waals surface area contributed by atoms with Crippen LogP contribution in [-0.2, 0) is 21.9 Å². The van der Waals surface area contributed by atoms with Crippen molar-refractivity contribution in [3.63, 3.8) is 0 Å². The molecule has 1 aliphatic rings. The van der Waals surface area contributed by atoms with Crippen LogP contribution in [0.4, 0.5) is 0 Å². The van der Waals surface area contributed by atoms with Crippen LogP contribution in [0.3, 0.4) is 0 Å². The molecule has 8 nitrogen and oxygen atoms in total. The predicted octanol–water partition coefficient (Wildman–Crippen LogP) is 2.06. The molecule has 30 heavy (non-hydrogen) atoms. The van der Waals surface area contributed by atoms with Gasteiger partial charge in [-0.05, 0) is 43.5 Å². The highest BCUT2D eigenvalue weighted by Gasteiger charge is 2.33. The van der Waals surface area contributed by atoms with E-state index < -0.39 is 15.9 Å². The number of hydrogen-bond acceptors (Lipinski definition) is 4. The van der Waals surface area contributed by atoms with Crippen molar-refractivity contribution in [2.75, 3.05) is 13.1 Å². The van der Waals surface area contributed by atoms with Crippen LogP contribution in [-0.4, -0.2) is 42.2 Å². The maximum atomic E-state index is 12.9. The van der Waals surface area contributed by atoms with Gasteiger partial charge in [-0.1, -0.05) is 23.7 Å². The lowest BCUT2D eigenvalue weighted by Crippen LogP contribution is -2.43. The van der Waals surface area contributed by atoms with Crippen molar-refractivity contribution in [2.45, 2.75) is 30.7 Å². The van der Waals surface area contributed by atoms with Crippen LogP contribution in [0.15, 0.2) is 41.4 Å². The molecule has 10 heteroatoms. The SMILES string of the molecule is C[C@@H](NC(=O)C1CCN(S(=O)(=O)c2cc(C(N)=O)n(C)c2)CC1)c1ccc(Cl)cc1.